The molecule has 1 aromatic carbocycles. The van der Waals surface area contributed by atoms with E-state index in [9.17, 15) is 19.5 Å². The number of fused-ring (bicyclic) bond motifs is 1. The lowest BCUT2D eigenvalue weighted by atomic mass is 9.70. The number of halogens is 1. The van der Waals surface area contributed by atoms with Crippen molar-refractivity contribution in [3.8, 4) is 0 Å². The van der Waals surface area contributed by atoms with Crippen LogP contribution in [0, 0.1) is 11.8 Å². The third kappa shape index (κ3) is 5.15. The zero-order valence-corrected chi connectivity index (χ0v) is 26.2. The fourth-order valence-corrected chi connectivity index (χ4v) is 8.97. The Morgan fingerprint density at radius 3 is 2.45 bits per heavy atom. The van der Waals surface area contributed by atoms with E-state index in [1.165, 1.54) is 0 Å². The fraction of sp³-hybridized carbons (Fsp3) is 0.606. The van der Waals surface area contributed by atoms with Gasteiger partial charge in [-0.3, -0.25) is 14.4 Å². The van der Waals surface area contributed by atoms with Gasteiger partial charge < -0.3 is 24.5 Å². The highest BCUT2D eigenvalue weighted by atomic mass is 79.9. The third-order valence-electron chi connectivity index (χ3n) is 9.72. The lowest BCUT2D eigenvalue weighted by molar-refractivity contribution is -0.153. The molecule has 228 valence electrons. The van der Waals surface area contributed by atoms with Crippen LogP contribution in [0.1, 0.15) is 63.5 Å². The van der Waals surface area contributed by atoms with Crippen LogP contribution >= 0.6 is 15.9 Å². The second-order valence-corrected chi connectivity index (χ2v) is 13.3. The highest BCUT2D eigenvalue weighted by molar-refractivity contribution is 9.09. The molecule has 1 N–H and O–H groups in total. The van der Waals surface area contributed by atoms with Gasteiger partial charge in [0.15, 0.2) is 0 Å². The molecule has 3 saturated heterocycles. The van der Waals surface area contributed by atoms with Crippen LogP contribution in [0.2, 0.25) is 0 Å². The van der Waals surface area contributed by atoms with Crippen LogP contribution in [0.25, 0.3) is 0 Å². The quantitative estimate of drug-likeness (QED) is 0.272. The number of amides is 3. The summed E-state index contributed by atoms with van der Waals surface area (Å²) < 4.78 is 6.78. The van der Waals surface area contributed by atoms with Crippen LogP contribution in [0.5, 0.6) is 0 Å². The molecule has 4 fully saturated rings. The summed E-state index contributed by atoms with van der Waals surface area (Å²) >= 11 is 3.79. The predicted molar refractivity (Wildman–Crippen MR) is 165 cm³/mol. The molecule has 9 heteroatoms. The van der Waals surface area contributed by atoms with E-state index in [0.717, 1.165) is 44.1 Å². The van der Waals surface area contributed by atoms with Crippen molar-refractivity contribution in [2.24, 2.45) is 11.8 Å². The summed E-state index contributed by atoms with van der Waals surface area (Å²) in [6.07, 6.45) is 9.16. The van der Waals surface area contributed by atoms with E-state index in [-0.39, 0.29) is 35.2 Å². The van der Waals surface area contributed by atoms with Gasteiger partial charge in [-0.25, -0.2) is 0 Å². The van der Waals surface area contributed by atoms with Gasteiger partial charge in [-0.1, -0.05) is 84.6 Å². The molecular weight excluding hydrogens is 598 g/mol. The molecule has 3 unspecified atom stereocenters. The van der Waals surface area contributed by atoms with Gasteiger partial charge in [0.1, 0.15) is 11.6 Å². The lowest BCUT2D eigenvalue weighted by Gasteiger charge is -2.42. The minimum Gasteiger partial charge on any atom is -0.394 e. The number of rotatable bonds is 12. The van der Waals surface area contributed by atoms with Gasteiger partial charge in [-0.15, -0.1) is 13.2 Å². The average molecular weight is 643 g/mol. The third-order valence-corrected chi connectivity index (χ3v) is 10.6. The Hall–Kier alpha value is -2.49. The van der Waals surface area contributed by atoms with Crippen LogP contribution in [0.3, 0.4) is 0 Å². The largest absolute Gasteiger partial charge is 0.394 e. The smallest absolute Gasteiger partial charge is 0.248 e. The number of aliphatic hydroxyl groups excluding tert-OH is 1. The Morgan fingerprint density at radius 2 is 1.83 bits per heavy atom. The van der Waals surface area contributed by atoms with E-state index in [4.69, 9.17) is 4.74 Å². The van der Waals surface area contributed by atoms with E-state index in [1.807, 2.05) is 42.2 Å². The summed E-state index contributed by atoms with van der Waals surface area (Å²) in [7, 11) is 0. The number of hydrogen-bond acceptors (Lipinski definition) is 5. The highest BCUT2D eigenvalue weighted by Gasteiger charge is 2.77. The van der Waals surface area contributed by atoms with E-state index in [1.54, 1.807) is 22.0 Å². The second kappa shape index (κ2) is 13.0. The summed E-state index contributed by atoms with van der Waals surface area (Å²) in [4.78, 5) is 48.8. The monoisotopic (exact) mass is 641 g/mol. The average Bonchev–Trinajstić information content (AvgIpc) is 3.60. The van der Waals surface area contributed by atoms with E-state index in [2.05, 4.69) is 29.1 Å². The maximum atomic E-state index is 14.9. The first-order valence-corrected chi connectivity index (χ1v) is 16.4. The van der Waals surface area contributed by atoms with Gasteiger partial charge in [-0.05, 0) is 31.2 Å². The molecule has 0 radical (unpaired) electrons. The van der Waals surface area contributed by atoms with Crippen molar-refractivity contribution in [1.29, 1.82) is 0 Å². The first-order chi connectivity index (χ1) is 20.3. The Labute approximate surface area is 257 Å². The number of likely N-dealkylation sites (tertiary alicyclic amines) is 1. The Bertz CT molecular complexity index is 1170. The standard InChI is InChI=1S/C33H44BrN3O5/c1-4-17-35(18-5-2)30(39)26-27-31(40)37(25(21-38)22-13-9-7-10-14-22)29(33(27)20-24(34)28(26)42-33)32(41)36(19-6-3)23-15-11-8-12-16-23/h4,6-7,9-10,13-14,23-29,38H,1,3,5,8,11-12,15-21H2,2H3/t24?,25-,26+,27+,28+,29?,33?/m1/s1. The normalized spacial score (nSPS) is 31.1. The SMILES string of the molecule is C=CCN(CCC)C(=O)[C@H]1[C@H]2C(=O)N([C@H](CO)c3ccccc3)C(C(=O)N(CC=C)C3CCCCC3)C23CC(Br)[C@@H]1O3. The van der Waals surface area contributed by atoms with Gasteiger partial charge in [0.25, 0.3) is 0 Å². The summed E-state index contributed by atoms with van der Waals surface area (Å²) in [6.45, 7) is 10.7. The summed E-state index contributed by atoms with van der Waals surface area (Å²) in [5, 5.41) is 10.8. The molecule has 5 rings (SSSR count). The molecule has 1 saturated carbocycles. The Morgan fingerprint density at radius 1 is 1.14 bits per heavy atom. The topological polar surface area (TPSA) is 90.4 Å². The summed E-state index contributed by atoms with van der Waals surface area (Å²) in [5.41, 5.74) is -0.446. The fourth-order valence-electron chi connectivity index (χ4n) is 8.03. The maximum absolute atomic E-state index is 14.9. The number of aliphatic hydroxyl groups is 1. The minimum absolute atomic E-state index is 0.0457. The molecule has 1 spiro atoms. The number of carbonyl (C=O) groups is 3. The molecule has 7 atom stereocenters. The lowest BCUT2D eigenvalue weighted by Crippen LogP contribution is -2.59. The van der Waals surface area contributed by atoms with Crippen molar-refractivity contribution in [1.82, 2.24) is 14.7 Å². The summed E-state index contributed by atoms with van der Waals surface area (Å²) in [5.74, 6) is -2.18. The number of benzene rings is 1. The Balaban J connectivity index is 1.62. The number of alkyl halides is 1. The summed E-state index contributed by atoms with van der Waals surface area (Å²) in [6, 6.07) is 7.66. The van der Waals surface area contributed by atoms with Crippen LogP contribution in [-0.2, 0) is 19.1 Å². The molecule has 4 aliphatic rings. The van der Waals surface area contributed by atoms with Gasteiger partial charge in [0.2, 0.25) is 17.7 Å². The van der Waals surface area contributed by atoms with Crippen molar-refractivity contribution in [3.63, 3.8) is 0 Å². The predicted octanol–water partition coefficient (Wildman–Crippen LogP) is 4.24. The van der Waals surface area contributed by atoms with E-state index >= 15 is 0 Å². The minimum atomic E-state index is -1.18. The van der Waals surface area contributed by atoms with Gasteiger partial charge in [0, 0.05) is 30.5 Å². The van der Waals surface area contributed by atoms with Crippen LogP contribution < -0.4 is 0 Å². The molecule has 2 bridgehead atoms. The van der Waals surface area contributed by atoms with Gasteiger partial charge >= 0.3 is 0 Å². The van der Waals surface area contributed by atoms with Crippen molar-refractivity contribution >= 4 is 33.7 Å². The first-order valence-electron chi connectivity index (χ1n) is 15.5. The van der Waals surface area contributed by atoms with E-state index < -0.39 is 35.6 Å². The van der Waals surface area contributed by atoms with Crippen molar-refractivity contribution < 1.29 is 24.2 Å². The number of hydrogen-bond donors (Lipinski definition) is 1. The zero-order chi connectivity index (χ0) is 30.0. The molecule has 3 amide bonds. The van der Waals surface area contributed by atoms with E-state index in [0.29, 0.717) is 26.1 Å². The van der Waals surface area contributed by atoms with Crippen LogP contribution in [0.4, 0.5) is 0 Å². The Kier molecular flexibility index (Phi) is 9.59. The number of carbonyl (C=O) groups excluding carboxylic acids is 3. The molecule has 1 aliphatic carbocycles. The molecule has 8 nitrogen and oxygen atoms in total. The van der Waals surface area contributed by atoms with Crippen molar-refractivity contribution in [2.45, 2.75) is 86.5 Å². The molecule has 42 heavy (non-hydrogen) atoms. The molecule has 0 aromatic heterocycles. The molecule has 3 aliphatic heterocycles. The molecule has 3 heterocycles. The highest BCUT2D eigenvalue weighted by Crippen LogP contribution is 2.61. The maximum Gasteiger partial charge on any atom is 0.248 e. The second-order valence-electron chi connectivity index (χ2n) is 12.2. The number of nitrogens with zero attached hydrogens (tertiary/aromatic N) is 3. The molecular formula is C33H44BrN3O5. The van der Waals surface area contributed by atoms with Gasteiger partial charge in [-0.2, -0.15) is 0 Å². The van der Waals surface area contributed by atoms with Crippen molar-refractivity contribution in [3.05, 3.63) is 61.2 Å². The molecule has 1 aromatic rings. The first kappa shape index (κ1) is 31.0. The zero-order valence-electron chi connectivity index (χ0n) is 24.6. The van der Waals surface area contributed by atoms with Crippen LogP contribution in [-0.4, -0.2) is 92.4 Å². The van der Waals surface area contributed by atoms with Crippen LogP contribution in [0.15, 0.2) is 55.6 Å². The number of ether oxygens (including phenoxy) is 1. The van der Waals surface area contributed by atoms with Crippen molar-refractivity contribution in [2.75, 3.05) is 26.2 Å². The van der Waals surface area contributed by atoms with Gasteiger partial charge in [0.05, 0.1) is 30.6 Å².